The molecule has 0 radical (unpaired) electrons. The molecule has 0 spiro atoms. The molecule has 7 heteroatoms. The lowest BCUT2D eigenvalue weighted by atomic mass is 9.94. The fraction of sp³-hybridized carbons (Fsp3) is 0.520. The largest absolute Gasteiger partial charge is 0.469 e. The van der Waals surface area contributed by atoms with Crippen LogP contribution in [0.4, 0.5) is 0 Å². The number of unbranched alkanes of at least 4 members (excludes halogenated alkanes) is 2. The van der Waals surface area contributed by atoms with Crippen molar-refractivity contribution in [2.24, 2.45) is 7.05 Å². The lowest BCUT2D eigenvalue weighted by molar-refractivity contribution is -0.140. The van der Waals surface area contributed by atoms with Crippen LogP contribution in [0.3, 0.4) is 0 Å². The summed E-state index contributed by atoms with van der Waals surface area (Å²) in [5.41, 5.74) is 3.32. The molecule has 0 saturated heterocycles. The second kappa shape index (κ2) is 13.2. The lowest BCUT2D eigenvalue weighted by Gasteiger charge is -2.17. The average Bonchev–Trinajstić information content (AvgIpc) is 3.23. The third kappa shape index (κ3) is 7.89. The van der Waals surface area contributed by atoms with E-state index in [1.165, 1.54) is 7.11 Å². The van der Waals surface area contributed by atoms with E-state index in [0.29, 0.717) is 24.8 Å². The number of hydrogen-bond acceptors (Lipinski definition) is 6. The summed E-state index contributed by atoms with van der Waals surface area (Å²) in [6, 6.07) is 5.71. The number of esters is 1. The van der Waals surface area contributed by atoms with Gasteiger partial charge in [-0.1, -0.05) is 50.5 Å². The predicted octanol–water partition coefficient (Wildman–Crippen LogP) is 3.78. The first-order chi connectivity index (χ1) is 15.3. The summed E-state index contributed by atoms with van der Waals surface area (Å²) in [6.07, 6.45) is 9.03. The first-order valence-corrected chi connectivity index (χ1v) is 11.3. The maximum atomic E-state index is 11.4. The van der Waals surface area contributed by atoms with Gasteiger partial charge < -0.3 is 20.1 Å². The highest BCUT2D eigenvalue weighted by Gasteiger charge is 2.16. The minimum absolute atomic E-state index is 0.245. The average molecular weight is 445 g/mol. The Labute approximate surface area is 190 Å². The number of benzene rings is 1. The summed E-state index contributed by atoms with van der Waals surface area (Å²) in [7, 11) is 3.20. The number of methoxy groups -OCH3 is 1. The number of nitrogens with zero attached hydrogens (tertiary/aromatic N) is 2. The van der Waals surface area contributed by atoms with Crippen LogP contribution in [-0.4, -0.2) is 50.4 Å². The Morgan fingerprint density at radius 3 is 2.59 bits per heavy atom. The zero-order valence-corrected chi connectivity index (χ0v) is 19.3. The molecule has 0 aliphatic carbocycles. The Kier molecular flexibility index (Phi) is 10.6. The van der Waals surface area contributed by atoms with Crippen LogP contribution in [0.25, 0.3) is 17.2 Å². The fourth-order valence-electron chi connectivity index (χ4n) is 3.57. The molecule has 1 aromatic heterocycles. The Morgan fingerprint density at radius 2 is 1.94 bits per heavy atom. The Balaban J connectivity index is 2.21. The summed E-state index contributed by atoms with van der Waals surface area (Å²) in [5.74, 6) is -0.301. The van der Waals surface area contributed by atoms with Gasteiger partial charge in [-0.15, -0.1) is 0 Å². The Bertz CT molecular complexity index is 877. The van der Waals surface area contributed by atoms with Gasteiger partial charge in [-0.2, -0.15) is 5.10 Å². The van der Waals surface area contributed by atoms with E-state index in [9.17, 15) is 20.1 Å². The van der Waals surface area contributed by atoms with Crippen molar-refractivity contribution in [2.75, 3.05) is 7.11 Å². The third-order valence-corrected chi connectivity index (χ3v) is 5.54. The molecule has 1 aromatic carbocycles. The summed E-state index contributed by atoms with van der Waals surface area (Å²) in [5, 5.41) is 35.6. The van der Waals surface area contributed by atoms with Crippen LogP contribution in [0.5, 0.6) is 0 Å². The van der Waals surface area contributed by atoms with Crippen LogP contribution in [0, 0.1) is 0 Å². The fourth-order valence-corrected chi connectivity index (χ4v) is 3.57. The number of carbonyl (C=O) groups is 1. The molecule has 1 unspecified atom stereocenters. The van der Waals surface area contributed by atoms with Crippen LogP contribution in [0.1, 0.15) is 69.1 Å². The highest BCUT2D eigenvalue weighted by molar-refractivity contribution is 5.69. The van der Waals surface area contributed by atoms with Crippen molar-refractivity contribution in [3.8, 4) is 11.1 Å². The van der Waals surface area contributed by atoms with Gasteiger partial charge in [-0.3, -0.25) is 9.48 Å². The van der Waals surface area contributed by atoms with Crippen LogP contribution in [0.2, 0.25) is 0 Å². The molecular formula is C25H36N2O5. The maximum absolute atomic E-state index is 11.4. The van der Waals surface area contributed by atoms with Crippen LogP contribution >= 0.6 is 0 Å². The van der Waals surface area contributed by atoms with Gasteiger partial charge in [-0.05, 0) is 42.0 Å². The topological polar surface area (TPSA) is 105 Å². The van der Waals surface area contributed by atoms with E-state index in [2.05, 4.69) is 16.8 Å². The monoisotopic (exact) mass is 444 g/mol. The van der Waals surface area contributed by atoms with E-state index >= 15 is 0 Å². The lowest BCUT2D eigenvalue weighted by Crippen LogP contribution is -2.23. The second-order valence-corrected chi connectivity index (χ2v) is 8.14. The Hall–Kier alpha value is -2.48. The molecule has 0 fully saturated rings. The number of aliphatic hydroxyl groups is 3. The molecule has 2 rings (SSSR count). The summed E-state index contributed by atoms with van der Waals surface area (Å²) >= 11 is 0. The number of carbonyl (C=O) groups excluding carboxylic acids is 1. The van der Waals surface area contributed by atoms with E-state index in [0.717, 1.165) is 36.0 Å². The van der Waals surface area contributed by atoms with Gasteiger partial charge in [-0.25, -0.2) is 0 Å². The standard InChI is InChI=1S/C25H36N2O5/c1-4-5-6-8-23(29)24(30)14-12-19-15-18(20-16-26-27(2)17-20)11-13-21(19)22(28)9-7-10-25(31)32-3/h11-17,22-24,28-30H,4-10H2,1-3H3/b14-12+/t22?,23-,24+/m0/s1. The maximum Gasteiger partial charge on any atom is 0.305 e. The first-order valence-electron chi connectivity index (χ1n) is 11.3. The normalized spacial score (nSPS) is 14.4. The van der Waals surface area contributed by atoms with Crippen molar-refractivity contribution < 1.29 is 24.9 Å². The molecule has 7 nitrogen and oxygen atoms in total. The second-order valence-electron chi connectivity index (χ2n) is 8.14. The van der Waals surface area contributed by atoms with Crippen molar-refractivity contribution in [2.45, 2.75) is 70.2 Å². The molecule has 0 aliphatic rings. The van der Waals surface area contributed by atoms with Crippen molar-refractivity contribution in [3.63, 3.8) is 0 Å². The van der Waals surface area contributed by atoms with Crippen molar-refractivity contribution >= 4 is 12.0 Å². The Morgan fingerprint density at radius 1 is 1.16 bits per heavy atom. The minimum atomic E-state index is -0.988. The van der Waals surface area contributed by atoms with E-state index in [1.54, 1.807) is 23.0 Å². The van der Waals surface area contributed by atoms with Crippen LogP contribution in [-0.2, 0) is 16.6 Å². The number of rotatable bonds is 13. The van der Waals surface area contributed by atoms with Gasteiger partial charge in [0.05, 0.1) is 31.6 Å². The van der Waals surface area contributed by atoms with E-state index in [1.807, 2.05) is 31.4 Å². The highest BCUT2D eigenvalue weighted by Crippen LogP contribution is 2.29. The molecule has 3 N–H and O–H groups in total. The van der Waals surface area contributed by atoms with Gasteiger partial charge in [0.2, 0.25) is 0 Å². The molecule has 2 aromatic rings. The number of aromatic nitrogens is 2. The van der Waals surface area contributed by atoms with Crippen molar-refractivity contribution in [1.29, 1.82) is 0 Å². The number of aryl methyl sites for hydroxylation is 1. The molecule has 0 saturated carbocycles. The smallest absolute Gasteiger partial charge is 0.305 e. The van der Waals surface area contributed by atoms with Gasteiger partial charge >= 0.3 is 5.97 Å². The molecule has 0 aliphatic heterocycles. The molecule has 0 bridgehead atoms. The zero-order valence-electron chi connectivity index (χ0n) is 19.3. The molecule has 0 amide bonds. The molecule has 1 heterocycles. The summed E-state index contributed by atoms with van der Waals surface area (Å²) in [6.45, 7) is 2.09. The van der Waals surface area contributed by atoms with Crippen LogP contribution < -0.4 is 0 Å². The van der Waals surface area contributed by atoms with E-state index in [-0.39, 0.29) is 12.4 Å². The van der Waals surface area contributed by atoms with Gasteiger partial charge in [0.25, 0.3) is 0 Å². The SMILES string of the molecule is CCCCC[C@H](O)[C@H](O)/C=C/c1cc(-c2cnn(C)c2)ccc1C(O)CCCC(=O)OC. The van der Waals surface area contributed by atoms with Gasteiger partial charge in [0.15, 0.2) is 0 Å². The summed E-state index contributed by atoms with van der Waals surface area (Å²) < 4.78 is 6.38. The van der Waals surface area contributed by atoms with Crippen molar-refractivity contribution in [3.05, 3.63) is 47.8 Å². The molecule has 3 atom stereocenters. The molecular weight excluding hydrogens is 408 g/mol. The van der Waals surface area contributed by atoms with E-state index in [4.69, 9.17) is 0 Å². The summed E-state index contributed by atoms with van der Waals surface area (Å²) in [4.78, 5) is 11.4. The zero-order chi connectivity index (χ0) is 23.5. The van der Waals surface area contributed by atoms with Crippen LogP contribution in [0.15, 0.2) is 36.7 Å². The minimum Gasteiger partial charge on any atom is -0.469 e. The number of ether oxygens (including phenoxy) is 1. The molecule has 32 heavy (non-hydrogen) atoms. The highest BCUT2D eigenvalue weighted by atomic mass is 16.5. The van der Waals surface area contributed by atoms with Crippen molar-refractivity contribution in [1.82, 2.24) is 9.78 Å². The van der Waals surface area contributed by atoms with Gasteiger partial charge in [0, 0.05) is 25.2 Å². The molecule has 176 valence electrons. The number of hydrogen-bond donors (Lipinski definition) is 3. The van der Waals surface area contributed by atoms with Gasteiger partial charge in [0.1, 0.15) is 0 Å². The third-order valence-electron chi connectivity index (χ3n) is 5.54. The predicted molar refractivity (Wildman–Crippen MR) is 125 cm³/mol. The van der Waals surface area contributed by atoms with E-state index < -0.39 is 18.3 Å². The first kappa shape index (κ1) is 25.8. The quantitative estimate of drug-likeness (QED) is 0.321. The number of aliphatic hydroxyl groups excluding tert-OH is 3.